The fourth-order valence-corrected chi connectivity index (χ4v) is 1.90. The standard InChI is InChI=1S/C10H15N3O/c1-7-6-9(13-12-7)11-10(14)8-4-2-3-5-8/h6,8H,2-5H2,1H3,(H2,11,12,13,14). The van der Waals surface area contributed by atoms with E-state index in [-0.39, 0.29) is 11.8 Å². The lowest BCUT2D eigenvalue weighted by Gasteiger charge is -2.07. The van der Waals surface area contributed by atoms with Crippen molar-refractivity contribution in [3.8, 4) is 0 Å². The molecule has 0 bridgehead atoms. The molecule has 0 aromatic carbocycles. The Morgan fingerprint density at radius 1 is 1.57 bits per heavy atom. The largest absolute Gasteiger partial charge is 0.309 e. The topological polar surface area (TPSA) is 57.8 Å². The summed E-state index contributed by atoms with van der Waals surface area (Å²) in [5, 5.41) is 9.59. The number of nitrogens with zero attached hydrogens (tertiary/aromatic N) is 1. The quantitative estimate of drug-likeness (QED) is 0.753. The van der Waals surface area contributed by atoms with Gasteiger partial charge in [-0.25, -0.2) is 0 Å². The molecule has 1 saturated carbocycles. The first kappa shape index (κ1) is 9.24. The number of rotatable bonds is 2. The summed E-state index contributed by atoms with van der Waals surface area (Å²) < 4.78 is 0. The van der Waals surface area contributed by atoms with Crippen molar-refractivity contribution in [3.05, 3.63) is 11.8 Å². The number of H-pyrrole nitrogens is 1. The van der Waals surface area contributed by atoms with E-state index in [1.54, 1.807) is 0 Å². The number of carbonyl (C=O) groups is 1. The Morgan fingerprint density at radius 2 is 2.29 bits per heavy atom. The van der Waals surface area contributed by atoms with Gasteiger partial charge in [0.2, 0.25) is 5.91 Å². The second-order valence-corrected chi connectivity index (χ2v) is 3.91. The van der Waals surface area contributed by atoms with Crippen LogP contribution in [0.1, 0.15) is 31.4 Å². The summed E-state index contributed by atoms with van der Waals surface area (Å²) >= 11 is 0. The normalized spacial score (nSPS) is 17.2. The number of aryl methyl sites for hydroxylation is 1. The molecule has 0 atom stereocenters. The van der Waals surface area contributed by atoms with E-state index in [1.807, 2.05) is 13.0 Å². The van der Waals surface area contributed by atoms with Crippen LogP contribution in [0.4, 0.5) is 5.82 Å². The monoisotopic (exact) mass is 193 g/mol. The maximum atomic E-state index is 11.7. The molecule has 1 heterocycles. The number of carbonyl (C=O) groups excluding carboxylic acids is 1. The molecule has 0 saturated heterocycles. The molecule has 4 heteroatoms. The first-order valence-electron chi connectivity index (χ1n) is 5.08. The highest BCUT2D eigenvalue weighted by Crippen LogP contribution is 2.25. The summed E-state index contributed by atoms with van der Waals surface area (Å²) in [7, 11) is 0. The van der Waals surface area contributed by atoms with E-state index in [0.717, 1.165) is 18.5 Å². The number of hydrogen-bond acceptors (Lipinski definition) is 2. The van der Waals surface area contributed by atoms with Crippen LogP contribution in [0, 0.1) is 12.8 Å². The second kappa shape index (κ2) is 3.82. The summed E-state index contributed by atoms with van der Waals surface area (Å²) in [6, 6.07) is 1.84. The summed E-state index contributed by atoms with van der Waals surface area (Å²) in [4.78, 5) is 11.7. The third-order valence-electron chi connectivity index (χ3n) is 2.68. The van der Waals surface area contributed by atoms with Gasteiger partial charge >= 0.3 is 0 Å². The van der Waals surface area contributed by atoms with Gasteiger partial charge in [-0.1, -0.05) is 12.8 Å². The summed E-state index contributed by atoms with van der Waals surface area (Å²) in [6.07, 6.45) is 4.40. The van der Waals surface area contributed by atoms with Gasteiger partial charge in [0.15, 0.2) is 5.82 Å². The van der Waals surface area contributed by atoms with E-state index >= 15 is 0 Å². The van der Waals surface area contributed by atoms with Gasteiger partial charge in [0, 0.05) is 17.7 Å². The molecule has 0 aliphatic heterocycles. The van der Waals surface area contributed by atoms with Crippen molar-refractivity contribution in [2.45, 2.75) is 32.6 Å². The molecule has 1 aliphatic carbocycles. The first-order valence-corrected chi connectivity index (χ1v) is 5.08. The van der Waals surface area contributed by atoms with Crippen molar-refractivity contribution < 1.29 is 4.79 Å². The third kappa shape index (κ3) is 1.95. The van der Waals surface area contributed by atoms with Gasteiger partial charge in [-0.3, -0.25) is 9.89 Å². The van der Waals surface area contributed by atoms with E-state index in [4.69, 9.17) is 0 Å². The minimum Gasteiger partial charge on any atom is -0.309 e. The molecule has 1 aromatic heterocycles. The van der Waals surface area contributed by atoms with Gasteiger partial charge in [-0.15, -0.1) is 0 Å². The number of aromatic nitrogens is 2. The first-order chi connectivity index (χ1) is 6.75. The zero-order valence-corrected chi connectivity index (χ0v) is 8.34. The van der Waals surface area contributed by atoms with Crippen molar-refractivity contribution >= 4 is 11.7 Å². The molecule has 4 nitrogen and oxygen atoms in total. The van der Waals surface area contributed by atoms with Crippen LogP contribution in [-0.4, -0.2) is 16.1 Å². The number of aromatic amines is 1. The summed E-state index contributed by atoms with van der Waals surface area (Å²) in [6.45, 7) is 1.91. The summed E-state index contributed by atoms with van der Waals surface area (Å²) in [5.74, 6) is 0.959. The smallest absolute Gasteiger partial charge is 0.228 e. The highest BCUT2D eigenvalue weighted by atomic mass is 16.1. The lowest BCUT2D eigenvalue weighted by Crippen LogP contribution is -2.20. The maximum Gasteiger partial charge on any atom is 0.228 e. The zero-order valence-electron chi connectivity index (χ0n) is 8.34. The van der Waals surface area contributed by atoms with E-state index in [9.17, 15) is 4.79 Å². The maximum absolute atomic E-state index is 11.7. The van der Waals surface area contributed by atoms with Crippen molar-refractivity contribution in [3.63, 3.8) is 0 Å². The number of nitrogens with one attached hydrogen (secondary N) is 2. The van der Waals surface area contributed by atoms with Crippen molar-refractivity contribution in [2.75, 3.05) is 5.32 Å². The molecule has 2 rings (SSSR count). The number of amides is 1. The number of hydrogen-bond donors (Lipinski definition) is 2. The third-order valence-corrected chi connectivity index (χ3v) is 2.68. The van der Waals surface area contributed by atoms with Gasteiger partial charge < -0.3 is 5.32 Å². The van der Waals surface area contributed by atoms with Gasteiger partial charge in [-0.2, -0.15) is 5.10 Å². The van der Waals surface area contributed by atoms with Crippen LogP contribution >= 0.6 is 0 Å². The predicted molar refractivity (Wildman–Crippen MR) is 53.9 cm³/mol. The lowest BCUT2D eigenvalue weighted by molar-refractivity contribution is -0.119. The molecular weight excluding hydrogens is 178 g/mol. The van der Waals surface area contributed by atoms with Crippen LogP contribution in [-0.2, 0) is 4.79 Å². The average molecular weight is 193 g/mol. The van der Waals surface area contributed by atoms with Gasteiger partial charge in [0.25, 0.3) is 0 Å². The Morgan fingerprint density at radius 3 is 2.86 bits per heavy atom. The summed E-state index contributed by atoms with van der Waals surface area (Å²) in [5.41, 5.74) is 0.965. The van der Waals surface area contributed by atoms with E-state index in [2.05, 4.69) is 15.5 Å². The van der Waals surface area contributed by atoms with Crippen molar-refractivity contribution in [2.24, 2.45) is 5.92 Å². The molecule has 0 radical (unpaired) electrons. The highest BCUT2D eigenvalue weighted by Gasteiger charge is 2.22. The predicted octanol–water partition coefficient (Wildman–Crippen LogP) is 1.85. The van der Waals surface area contributed by atoms with E-state index in [0.29, 0.717) is 5.82 Å². The van der Waals surface area contributed by atoms with E-state index in [1.165, 1.54) is 12.8 Å². The highest BCUT2D eigenvalue weighted by molar-refractivity contribution is 5.91. The van der Waals surface area contributed by atoms with Crippen LogP contribution in [0.2, 0.25) is 0 Å². The van der Waals surface area contributed by atoms with Gasteiger partial charge in [0.05, 0.1) is 0 Å². The van der Waals surface area contributed by atoms with Crippen LogP contribution in [0.3, 0.4) is 0 Å². The Hall–Kier alpha value is -1.32. The molecule has 0 unspecified atom stereocenters. The lowest BCUT2D eigenvalue weighted by atomic mass is 10.1. The second-order valence-electron chi connectivity index (χ2n) is 3.91. The van der Waals surface area contributed by atoms with Crippen LogP contribution in [0.15, 0.2) is 6.07 Å². The number of anilines is 1. The Kier molecular flexibility index (Phi) is 2.52. The van der Waals surface area contributed by atoms with E-state index < -0.39 is 0 Å². The van der Waals surface area contributed by atoms with Crippen LogP contribution in [0.5, 0.6) is 0 Å². The fraction of sp³-hybridized carbons (Fsp3) is 0.600. The minimum absolute atomic E-state index is 0.119. The SMILES string of the molecule is Cc1cc(NC(=O)C2CCCC2)n[nH]1. The molecule has 1 fully saturated rings. The Labute approximate surface area is 83.1 Å². The molecule has 1 aromatic rings. The fourth-order valence-electron chi connectivity index (χ4n) is 1.90. The Balaban J connectivity index is 1.93. The van der Waals surface area contributed by atoms with Gasteiger partial charge in [-0.05, 0) is 19.8 Å². The molecule has 1 amide bonds. The zero-order chi connectivity index (χ0) is 9.97. The molecule has 76 valence electrons. The van der Waals surface area contributed by atoms with Crippen LogP contribution < -0.4 is 5.32 Å². The van der Waals surface area contributed by atoms with Crippen molar-refractivity contribution in [1.29, 1.82) is 0 Å². The minimum atomic E-state index is 0.119. The molecule has 14 heavy (non-hydrogen) atoms. The molecular formula is C10H15N3O. The molecule has 0 spiro atoms. The average Bonchev–Trinajstić information content (AvgIpc) is 2.75. The Bertz CT molecular complexity index is 326. The van der Waals surface area contributed by atoms with Crippen molar-refractivity contribution in [1.82, 2.24) is 10.2 Å². The molecule has 1 aliphatic rings. The van der Waals surface area contributed by atoms with Gasteiger partial charge in [0.1, 0.15) is 0 Å². The molecule has 2 N–H and O–H groups in total. The van der Waals surface area contributed by atoms with Crippen LogP contribution in [0.25, 0.3) is 0 Å².